The van der Waals surface area contributed by atoms with Crippen LogP contribution in [0.5, 0.6) is 0 Å². The van der Waals surface area contributed by atoms with E-state index in [1.807, 2.05) is 47.5 Å². The van der Waals surface area contributed by atoms with Crippen LogP contribution in [0.15, 0.2) is 54.9 Å². The fourth-order valence-electron chi connectivity index (χ4n) is 3.17. The molecule has 0 atom stereocenters. The second-order valence-electron chi connectivity index (χ2n) is 6.41. The van der Waals surface area contributed by atoms with E-state index in [0.29, 0.717) is 11.7 Å². The number of hydrogen-bond donors (Lipinski definition) is 1. The highest BCUT2D eigenvalue weighted by atomic mass is 16.2. The van der Waals surface area contributed by atoms with Gasteiger partial charge >= 0.3 is 0 Å². The molecule has 122 valence electrons. The van der Waals surface area contributed by atoms with E-state index in [4.69, 9.17) is 0 Å². The summed E-state index contributed by atoms with van der Waals surface area (Å²) in [5.74, 6) is 0.0808. The van der Waals surface area contributed by atoms with Crippen LogP contribution in [0, 0.1) is 0 Å². The number of amides is 1. The summed E-state index contributed by atoms with van der Waals surface area (Å²) in [7, 11) is 2.10. The second-order valence-corrected chi connectivity index (χ2v) is 6.41. The Balaban J connectivity index is 1.37. The molecule has 1 saturated heterocycles. The average Bonchev–Trinajstić information content (AvgIpc) is 2.98. The molecule has 1 aliphatic heterocycles. The summed E-state index contributed by atoms with van der Waals surface area (Å²) in [4.78, 5) is 24.1. The van der Waals surface area contributed by atoms with E-state index < -0.39 is 0 Å². The zero-order chi connectivity index (χ0) is 16.5. The molecular formula is C19H20N4O. The number of carbonyl (C=O) groups excluding carboxylic acids is 1. The lowest BCUT2D eigenvalue weighted by molar-refractivity contribution is 0.0316. The van der Waals surface area contributed by atoms with Crippen molar-refractivity contribution in [2.45, 2.75) is 12.6 Å². The Bertz CT molecular complexity index is 819. The Morgan fingerprint density at radius 1 is 1.29 bits per heavy atom. The molecule has 3 heterocycles. The summed E-state index contributed by atoms with van der Waals surface area (Å²) >= 11 is 0. The van der Waals surface area contributed by atoms with Gasteiger partial charge in [-0.3, -0.25) is 14.7 Å². The van der Waals surface area contributed by atoms with Gasteiger partial charge in [0, 0.05) is 49.0 Å². The molecule has 0 saturated carbocycles. The first-order valence-electron chi connectivity index (χ1n) is 8.17. The maximum Gasteiger partial charge on any atom is 0.270 e. The van der Waals surface area contributed by atoms with Gasteiger partial charge in [0.1, 0.15) is 5.69 Å². The highest BCUT2D eigenvalue weighted by Gasteiger charge is 2.34. The standard InChI is InChI=1S/C19H20N4O/c1-22(11-14-5-4-8-20-10-14)16-12-23(13-16)19(24)18-9-15-6-2-3-7-17(15)21-18/h2-10,16,21H,11-13H2,1H3. The molecule has 24 heavy (non-hydrogen) atoms. The van der Waals surface area contributed by atoms with Crippen molar-refractivity contribution >= 4 is 16.8 Å². The zero-order valence-corrected chi connectivity index (χ0v) is 13.6. The van der Waals surface area contributed by atoms with Gasteiger partial charge in [-0.25, -0.2) is 0 Å². The molecule has 0 unspecified atom stereocenters. The van der Waals surface area contributed by atoms with Crippen molar-refractivity contribution in [1.29, 1.82) is 0 Å². The van der Waals surface area contributed by atoms with E-state index in [9.17, 15) is 4.79 Å². The molecule has 3 aromatic rings. The lowest BCUT2D eigenvalue weighted by Gasteiger charge is -2.43. The molecule has 0 aliphatic carbocycles. The van der Waals surface area contributed by atoms with Crippen molar-refractivity contribution in [3.8, 4) is 0 Å². The van der Waals surface area contributed by atoms with Gasteiger partial charge < -0.3 is 9.88 Å². The number of hydrogen-bond acceptors (Lipinski definition) is 3. The number of benzene rings is 1. The highest BCUT2D eigenvalue weighted by Crippen LogP contribution is 2.21. The number of aromatic nitrogens is 2. The first kappa shape index (κ1) is 14.9. The highest BCUT2D eigenvalue weighted by molar-refractivity contribution is 5.98. The molecule has 0 bridgehead atoms. The van der Waals surface area contributed by atoms with Crippen LogP contribution >= 0.6 is 0 Å². The molecule has 1 aromatic carbocycles. The molecule has 1 fully saturated rings. The molecule has 5 heteroatoms. The molecule has 1 aliphatic rings. The van der Waals surface area contributed by atoms with Crippen molar-refractivity contribution in [2.75, 3.05) is 20.1 Å². The summed E-state index contributed by atoms with van der Waals surface area (Å²) in [6, 6.07) is 14.3. The molecule has 2 aromatic heterocycles. The minimum absolute atomic E-state index is 0.0808. The topological polar surface area (TPSA) is 52.2 Å². The molecule has 4 rings (SSSR count). The smallest absolute Gasteiger partial charge is 0.270 e. The van der Waals surface area contributed by atoms with Crippen LogP contribution in [-0.2, 0) is 6.54 Å². The largest absolute Gasteiger partial charge is 0.351 e. The maximum atomic E-state index is 12.6. The Kier molecular flexibility index (Phi) is 3.78. The number of nitrogens with one attached hydrogen (secondary N) is 1. The lowest BCUT2D eigenvalue weighted by atomic mass is 10.1. The predicted molar refractivity (Wildman–Crippen MR) is 93.7 cm³/mol. The van der Waals surface area contributed by atoms with Crippen LogP contribution in [0.1, 0.15) is 16.1 Å². The Hall–Kier alpha value is -2.66. The molecular weight excluding hydrogens is 300 g/mol. The number of likely N-dealkylation sites (tertiary alicyclic amines) is 1. The summed E-state index contributed by atoms with van der Waals surface area (Å²) in [6.07, 6.45) is 3.68. The fourth-order valence-corrected chi connectivity index (χ4v) is 3.17. The summed E-state index contributed by atoms with van der Waals surface area (Å²) < 4.78 is 0. The van der Waals surface area contributed by atoms with Crippen molar-refractivity contribution in [1.82, 2.24) is 19.8 Å². The van der Waals surface area contributed by atoms with Gasteiger partial charge in [-0.15, -0.1) is 0 Å². The molecule has 1 N–H and O–H groups in total. The van der Waals surface area contributed by atoms with Crippen LogP contribution in [0.4, 0.5) is 0 Å². The van der Waals surface area contributed by atoms with Gasteiger partial charge in [-0.05, 0) is 30.8 Å². The number of pyridine rings is 1. The van der Waals surface area contributed by atoms with Crippen molar-refractivity contribution < 1.29 is 4.79 Å². The summed E-state index contributed by atoms with van der Waals surface area (Å²) in [5.41, 5.74) is 2.87. The average molecular weight is 320 g/mol. The van der Waals surface area contributed by atoms with E-state index in [1.165, 1.54) is 5.56 Å². The first-order valence-corrected chi connectivity index (χ1v) is 8.17. The van der Waals surface area contributed by atoms with Crippen molar-refractivity contribution in [2.24, 2.45) is 0 Å². The Morgan fingerprint density at radius 2 is 2.12 bits per heavy atom. The first-order chi connectivity index (χ1) is 11.7. The fraction of sp³-hybridized carbons (Fsp3) is 0.263. The molecule has 0 spiro atoms. The quantitative estimate of drug-likeness (QED) is 0.804. The third kappa shape index (κ3) is 2.78. The second kappa shape index (κ2) is 6.09. The van der Waals surface area contributed by atoms with Crippen LogP contribution in [0.3, 0.4) is 0 Å². The van der Waals surface area contributed by atoms with E-state index in [1.54, 1.807) is 6.20 Å². The molecule has 5 nitrogen and oxygen atoms in total. The summed E-state index contributed by atoms with van der Waals surface area (Å²) in [5, 5.41) is 1.08. The number of fused-ring (bicyclic) bond motifs is 1. The number of rotatable bonds is 4. The Labute approximate surface area is 140 Å². The van der Waals surface area contributed by atoms with E-state index in [-0.39, 0.29) is 5.91 Å². The van der Waals surface area contributed by atoms with Crippen LogP contribution < -0.4 is 0 Å². The Morgan fingerprint density at radius 3 is 2.88 bits per heavy atom. The number of H-pyrrole nitrogens is 1. The van der Waals surface area contributed by atoms with Gasteiger partial charge in [0.05, 0.1) is 0 Å². The normalized spacial score (nSPS) is 15.0. The number of likely N-dealkylation sites (N-methyl/N-ethyl adjacent to an activating group) is 1. The monoisotopic (exact) mass is 320 g/mol. The maximum absolute atomic E-state index is 12.6. The molecule has 0 radical (unpaired) electrons. The van der Waals surface area contributed by atoms with Crippen molar-refractivity contribution in [3.05, 3.63) is 66.1 Å². The predicted octanol–water partition coefficient (Wildman–Crippen LogP) is 2.52. The minimum Gasteiger partial charge on any atom is -0.351 e. The number of aromatic amines is 1. The number of nitrogens with zero attached hydrogens (tertiary/aromatic N) is 3. The van der Waals surface area contributed by atoms with Gasteiger partial charge in [-0.2, -0.15) is 0 Å². The zero-order valence-electron chi connectivity index (χ0n) is 13.6. The van der Waals surface area contributed by atoms with Gasteiger partial charge in [-0.1, -0.05) is 24.3 Å². The SMILES string of the molecule is CN(Cc1cccnc1)C1CN(C(=O)c2cc3ccccc3[nH]2)C1. The van der Waals surface area contributed by atoms with Gasteiger partial charge in [0.25, 0.3) is 5.91 Å². The number of para-hydroxylation sites is 1. The third-order valence-corrected chi connectivity index (χ3v) is 4.69. The van der Waals surface area contributed by atoms with Gasteiger partial charge in [0.15, 0.2) is 0 Å². The van der Waals surface area contributed by atoms with Crippen LogP contribution in [0.2, 0.25) is 0 Å². The van der Waals surface area contributed by atoms with E-state index >= 15 is 0 Å². The third-order valence-electron chi connectivity index (χ3n) is 4.69. The summed E-state index contributed by atoms with van der Waals surface area (Å²) in [6.45, 7) is 2.39. The lowest BCUT2D eigenvalue weighted by Crippen LogP contribution is -2.59. The van der Waals surface area contributed by atoms with Gasteiger partial charge in [0.2, 0.25) is 0 Å². The minimum atomic E-state index is 0.0808. The van der Waals surface area contributed by atoms with Crippen molar-refractivity contribution in [3.63, 3.8) is 0 Å². The van der Waals surface area contributed by atoms with Crippen LogP contribution in [-0.4, -0.2) is 51.9 Å². The van der Waals surface area contributed by atoms with E-state index in [0.717, 1.165) is 30.5 Å². The van der Waals surface area contributed by atoms with E-state index in [2.05, 4.69) is 28.0 Å². The molecule has 1 amide bonds. The number of carbonyl (C=O) groups is 1. The van der Waals surface area contributed by atoms with Crippen LogP contribution in [0.25, 0.3) is 10.9 Å².